The number of amides is 1. The Kier molecular flexibility index (Phi) is 3.91. The fourth-order valence-electron chi connectivity index (χ4n) is 1.60. The molecule has 2 atom stereocenters. The van der Waals surface area contributed by atoms with Gasteiger partial charge >= 0.3 is 6.09 Å². The van der Waals surface area contributed by atoms with Crippen molar-refractivity contribution in [3.8, 4) is 0 Å². The van der Waals surface area contributed by atoms with E-state index in [1.165, 1.54) is 0 Å². The number of ether oxygens (including phenoxy) is 1. The van der Waals surface area contributed by atoms with E-state index in [0.29, 0.717) is 12.8 Å². The molecule has 1 amide bonds. The Bertz CT molecular complexity index is 282. The molecular weight excluding hydrogens is 210 g/mol. The van der Waals surface area contributed by atoms with E-state index in [2.05, 4.69) is 5.32 Å². The van der Waals surface area contributed by atoms with Gasteiger partial charge in [0.15, 0.2) is 0 Å². The van der Waals surface area contributed by atoms with Crippen molar-refractivity contribution in [1.82, 2.24) is 5.32 Å². The van der Waals surface area contributed by atoms with Gasteiger partial charge in [-0.15, -0.1) is 0 Å². The molecule has 1 fully saturated rings. The third-order valence-corrected chi connectivity index (χ3v) is 2.33. The highest BCUT2D eigenvalue weighted by atomic mass is 16.6. The highest BCUT2D eigenvalue weighted by Crippen LogP contribution is 2.16. The Labute approximate surface area is 95.2 Å². The lowest BCUT2D eigenvalue weighted by Crippen LogP contribution is -2.48. The van der Waals surface area contributed by atoms with Gasteiger partial charge in [-0.25, -0.2) is 4.79 Å². The van der Waals surface area contributed by atoms with Crippen LogP contribution in [0.3, 0.4) is 0 Å². The van der Waals surface area contributed by atoms with Crippen LogP contribution in [0.4, 0.5) is 4.79 Å². The number of carbonyl (C=O) groups is 2. The number of carbonyl (C=O) groups excluding carboxylic acids is 2. The maximum absolute atomic E-state index is 11.4. The SMILES string of the molecule is CC(C)(C)OC(=O)N[C@@H]1CC(=O)CC[C@@H]1O. The number of hydrogen-bond acceptors (Lipinski definition) is 4. The molecule has 0 aliphatic heterocycles. The Hall–Kier alpha value is -1.10. The monoisotopic (exact) mass is 229 g/mol. The average molecular weight is 229 g/mol. The molecule has 92 valence electrons. The van der Waals surface area contributed by atoms with Crippen molar-refractivity contribution in [2.75, 3.05) is 0 Å². The van der Waals surface area contributed by atoms with Crippen molar-refractivity contribution in [3.05, 3.63) is 0 Å². The van der Waals surface area contributed by atoms with Gasteiger partial charge in [0.1, 0.15) is 11.4 Å². The van der Waals surface area contributed by atoms with E-state index in [4.69, 9.17) is 4.74 Å². The minimum atomic E-state index is -0.662. The van der Waals surface area contributed by atoms with Crippen LogP contribution in [0, 0.1) is 0 Å². The molecular formula is C11H19NO4. The zero-order valence-corrected chi connectivity index (χ0v) is 9.95. The van der Waals surface area contributed by atoms with Crippen LogP contribution < -0.4 is 5.32 Å². The van der Waals surface area contributed by atoms with Crippen LogP contribution in [-0.4, -0.2) is 34.7 Å². The zero-order valence-electron chi connectivity index (χ0n) is 9.95. The molecule has 0 unspecified atom stereocenters. The standard InChI is InChI=1S/C11H19NO4/c1-11(2,3)16-10(15)12-8-6-7(13)4-5-9(8)14/h8-9,14H,4-6H2,1-3H3,(H,12,15)/t8-,9+/m1/s1. The molecule has 0 spiro atoms. The summed E-state index contributed by atoms with van der Waals surface area (Å²) in [6.45, 7) is 5.28. The van der Waals surface area contributed by atoms with Crippen molar-refractivity contribution in [1.29, 1.82) is 0 Å². The van der Waals surface area contributed by atoms with E-state index in [0.717, 1.165) is 0 Å². The van der Waals surface area contributed by atoms with E-state index in [1.807, 2.05) is 0 Å². The first kappa shape index (κ1) is 13.0. The first-order valence-electron chi connectivity index (χ1n) is 5.47. The molecule has 1 saturated carbocycles. The van der Waals surface area contributed by atoms with Gasteiger partial charge < -0.3 is 15.2 Å². The Morgan fingerprint density at radius 1 is 1.50 bits per heavy atom. The summed E-state index contributed by atoms with van der Waals surface area (Å²) in [5.74, 6) is 0.0614. The molecule has 16 heavy (non-hydrogen) atoms. The summed E-state index contributed by atoms with van der Waals surface area (Å²) in [5.41, 5.74) is -0.576. The van der Waals surface area contributed by atoms with Crippen molar-refractivity contribution in [2.45, 2.75) is 57.8 Å². The third-order valence-electron chi connectivity index (χ3n) is 2.33. The lowest BCUT2D eigenvalue weighted by atomic mass is 9.92. The Balaban J connectivity index is 2.46. The van der Waals surface area contributed by atoms with Crippen LogP contribution in [0.1, 0.15) is 40.0 Å². The fourth-order valence-corrected chi connectivity index (χ4v) is 1.60. The van der Waals surface area contributed by atoms with Gasteiger partial charge in [0, 0.05) is 12.8 Å². The number of aliphatic hydroxyl groups excluding tert-OH is 1. The lowest BCUT2D eigenvalue weighted by Gasteiger charge is -2.29. The van der Waals surface area contributed by atoms with Gasteiger partial charge in [0.2, 0.25) is 0 Å². The maximum atomic E-state index is 11.4. The van der Waals surface area contributed by atoms with Crippen LogP contribution >= 0.6 is 0 Å². The molecule has 0 radical (unpaired) electrons. The highest BCUT2D eigenvalue weighted by Gasteiger charge is 2.30. The minimum absolute atomic E-state index is 0.0614. The van der Waals surface area contributed by atoms with E-state index < -0.39 is 23.8 Å². The summed E-state index contributed by atoms with van der Waals surface area (Å²) in [5, 5.41) is 12.1. The van der Waals surface area contributed by atoms with Gasteiger partial charge in [-0.3, -0.25) is 4.79 Å². The third kappa shape index (κ3) is 4.18. The Morgan fingerprint density at radius 3 is 2.69 bits per heavy atom. The number of hydrogen-bond donors (Lipinski definition) is 2. The number of Topliss-reactive ketones (excluding diaryl/α,β-unsaturated/α-hetero) is 1. The highest BCUT2D eigenvalue weighted by molar-refractivity contribution is 5.81. The van der Waals surface area contributed by atoms with Gasteiger partial charge in [0.05, 0.1) is 12.1 Å². The van der Waals surface area contributed by atoms with Gasteiger partial charge in [-0.2, -0.15) is 0 Å². The van der Waals surface area contributed by atoms with E-state index >= 15 is 0 Å². The summed E-state index contributed by atoms with van der Waals surface area (Å²) in [7, 11) is 0. The van der Waals surface area contributed by atoms with Gasteiger partial charge in [-0.1, -0.05) is 0 Å². The van der Waals surface area contributed by atoms with Gasteiger partial charge in [-0.05, 0) is 27.2 Å². The van der Waals surface area contributed by atoms with Crippen molar-refractivity contribution in [3.63, 3.8) is 0 Å². The quantitative estimate of drug-likeness (QED) is 0.703. The second-order valence-electron chi connectivity index (χ2n) is 5.10. The van der Waals surface area contributed by atoms with E-state index in [1.54, 1.807) is 20.8 Å². The number of aliphatic hydroxyl groups is 1. The summed E-state index contributed by atoms with van der Waals surface area (Å²) >= 11 is 0. The molecule has 5 nitrogen and oxygen atoms in total. The van der Waals surface area contributed by atoms with Crippen LogP contribution in [0.5, 0.6) is 0 Å². The van der Waals surface area contributed by atoms with Crippen LogP contribution in [0.2, 0.25) is 0 Å². The molecule has 0 heterocycles. The largest absolute Gasteiger partial charge is 0.444 e. The molecule has 5 heteroatoms. The number of nitrogens with one attached hydrogen (secondary N) is 1. The second kappa shape index (κ2) is 4.82. The molecule has 0 aromatic carbocycles. The summed E-state index contributed by atoms with van der Waals surface area (Å²) in [6, 6.07) is -0.518. The summed E-state index contributed by atoms with van der Waals surface area (Å²) < 4.78 is 5.05. The predicted octanol–water partition coefficient (Wildman–Crippen LogP) is 0.994. The molecule has 2 N–H and O–H groups in total. The first-order chi connectivity index (χ1) is 7.28. The van der Waals surface area contributed by atoms with Crippen LogP contribution in [0.25, 0.3) is 0 Å². The summed E-state index contributed by atoms with van der Waals surface area (Å²) in [4.78, 5) is 22.6. The van der Waals surface area contributed by atoms with Crippen molar-refractivity contribution < 1.29 is 19.4 Å². The molecule has 1 rings (SSSR count). The first-order valence-corrected chi connectivity index (χ1v) is 5.47. The molecule has 1 aliphatic carbocycles. The van der Waals surface area contributed by atoms with Crippen molar-refractivity contribution in [2.24, 2.45) is 0 Å². The molecule has 0 saturated heterocycles. The predicted molar refractivity (Wildman–Crippen MR) is 58.0 cm³/mol. The second-order valence-corrected chi connectivity index (χ2v) is 5.10. The molecule has 0 bridgehead atoms. The fraction of sp³-hybridized carbons (Fsp3) is 0.818. The summed E-state index contributed by atoms with van der Waals surface area (Å²) in [6.07, 6.45) is -0.288. The van der Waals surface area contributed by atoms with Crippen LogP contribution in [-0.2, 0) is 9.53 Å². The van der Waals surface area contributed by atoms with E-state index in [9.17, 15) is 14.7 Å². The smallest absolute Gasteiger partial charge is 0.407 e. The zero-order chi connectivity index (χ0) is 12.3. The Morgan fingerprint density at radius 2 is 2.12 bits per heavy atom. The molecule has 0 aromatic rings. The molecule has 0 aromatic heterocycles. The van der Waals surface area contributed by atoms with E-state index in [-0.39, 0.29) is 12.2 Å². The topological polar surface area (TPSA) is 75.6 Å². The maximum Gasteiger partial charge on any atom is 0.407 e. The number of alkyl carbamates (subject to hydrolysis) is 1. The van der Waals surface area contributed by atoms with Gasteiger partial charge in [0.25, 0.3) is 0 Å². The normalized spacial score (nSPS) is 26.4. The number of ketones is 1. The molecule has 1 aliphatic rings. The van der Waals surface area contributed by atoms with Crippen LogP contribution in [0.15, 0.2) is 0 Å². The average Bonchev–Trinajstić information content (AvgIpc) is 2.08. The van der Waals surface area contributed by atoms with Crippen molar-refractivity contribution >= 4 is 11.9 Å². The lowest BCUT2D eigenvalue weighted by molar-refractivity contribution is -0.123. The minimum Gasteiger partial charge on any atom is -0.444 e. The number of rotatable bonds is 1.